The highest BCUT2D eigenvalue weighted by atomic mass is 35.5. The lowest BCUT2D eigenvalue weighted by atomic mass is 10.1. The maximum absolute atomic E-state index is 6.03. The zero-order valence-corrected chi connectivity index (χ0v) is 9.68. The molecule has 76 valence electrons. The largest absolute Gasteiger partial charge is 0.251 e. The van der Waals surface area contributed by atoms with Gasteiger partial charge >= 0.3 is 0 Å². The first-order valence-corrected chi connectivity index (χ1v) is 5.24. The Labute approximate surface area is 102 Å². The van der Waals surface area contributed by atoms with Crippen LogP contribution in [-0.4, -0.2) is 9.97 Å². The van der Waals surface area contributed by atoms with Gasteiger partial charge in [-0.1, -0.05) is 34.8 Å². The van der Waals surface area contributed by atoms with Crippen LogP contribution in [0, 0.1) is 0 Å². The van der Waals surface area contributed by atoms with Crippen LogP contribution in [0.5, 0.6) is 0 Å². The van der Waals surface area contributed by atoms with Gasteiger partial charge in [0.2, 0.25) is 0 Å². The summed E-state index contributed by atoms with van der Waals surface area (Å²) in [7, 11) is 0. The van der Waals surface area contributed by atoms with Crippen LogP contribution in [0.25, 0.3) is 11.3 Å². The summed E-state index contributed by atoms with van der Waals surface area (Å²) in [6.45, 7) is 0. The molecule has 1 aromatic heterocycles. The Morgan fingerprint density at radius 3 is 2.33 bits per heavy atom. The van der Waals surface area contributed by atoms with Crippen LogP contribution in [-0.2, 0) is 0 Å². The third-order valence-electron chi connectivity index (χ3n) is 1.84. The van der Waals surface area contributed by atoms with Gasteiger partial charge in [-0.15, -0.1) is 0 Å². The Kier molecular flexibility index (Phi) is 3.10. The van der Waals surface area contributed by atoms with Crippen LogP contribution in [0.4, 0.5) is 0 Å². The van der Waals surface area contributed by atoms with Crippen molar-refractivity contribution in [3.05, 3.63) is 45.8 Å². The molecule has 0 saturated carbocycles. The molecule has 2 aromatic rings. The third kappa shape index (κ3) is 2.23. The highest BCUT2D eigenvalue weighted by Crippen LogP contribution is 2.31. The van der Waals surface area contributed by atoms with Crippen LogP contribution in [0.2, 0.25) is 15.2 Å². The molecular formula is C10H5Cl3N2. The van der Waals surface area contributed by atoms with Crippen molar-refractivity contribution < 1.29 is 0 Å². The summed E-state index contributed by atoms with van der Waals surface area (Å²) in [6.07, 6.45) is 3.09. The van der Waals surface area contributed by atoms with Crippen molar-refractivity contribution in [3.63, 3.8) is 0 Å². The standard InChI is InChI=1S/C10H5Cl3N2/c11-6-1-2-7(8(12)5-6)9-10(13)15-4-3-14-9/h1-5H. The molecule has 0 aliphatic carbocycles. The number of halogens is 3. The number of benzene rings is 1. The Hall–Kier alpha value is -0.830. The Balaban J connectivity index is 2.60. The predicted octanol–water partition coefficient (Wildman–Crippen LogP) is 4.10. The zero-order chi connectivity index (χ0) is 10.8. The lowest BCUT2D eigenvalue weighted by Gasteiger charge is -2.04. The molecule has 5 heteroatoms. The molecule has 0 aliphatic rings. The first-order valence-electron chi connectivity index (χ1n) is 4.10. The number of rotatable bonds is 1. The summed E-state index contributed by atoms with van der Waals surface area (Å²) >= 11 is 17.7. The molecule has 0 unspecified atom stereocenters. The van der Waals surface area contributed by atoms with Crippen molar-refractivity contribution in [1.29, 1.82) is 0 Å². The van der Waals surface area contributed by atoms with E-state index in [2.05, 4.69) is 9.97 Å². The molecule has 0 bridgehead atoms. The van der Waals surface area contributed by atoms with Gasteiger partial charge in [-0.2, -0.15) is 0 Å². The van der Waals surface area contributed by atoms with Crippen molar-refractivity contribution in [1.82, 2.24) is 9.97 Å². The van der Waals surface area contributed by atoms with Crippen LogP contribution >= 0.6 is 34.8 Å². The molecule has 1 heterocycles. The first-order chi connectivity index (χ1) is 7.18. The first kappa shape index (κ1) is 10.7. The highest BCUT2D eigenvalue weighted by Gasteiger charge is 2.09. The highest BCUT2D eigenvalue weighted by molar-refractivity contribution is 6.37. The third-order valence-corrected chi connectivity index (χ3v) is 2.66. The van der Waals surface area contributed by atoms with E-state index in [9.17, 15) is 0 Å². The van der Waals surface area contributed by atoms with Crippen LogP contribution in [0.15, 0.2) is 30.6 Å². The fraction of sp³-hybridized carbons (Fsp3) is 0. The maximum atomic E-state index is 6.03. The van der Waals surface area contributed by atoms with E-state index in [4.69, 9.17) is 34.8 Å². The van der Waals surface area contributed by atoms with Crippen molar-refractivity contribution in [3.8, 4) is 11.3 Å². The van der Waals surface area contributed by atoms with Crippen LogP contribution in [0.3, 0.4) is 0 Å². The number of hydrogen-bond donors (Lipinski definition) is 0. The minimum atomic E-state index is 0.321. The van der Waals surface area contributed by atoms with Gasteiger partial charge in [0.15, 0.2) is 5.15 Å². The molecule has 0 amide bonds. The summed E-state index contributed by atoms with van der Waals surface area (Å²) in [5.74, 6) is 0. The lowest BCUT2D eigenvalue weighted by molar-refractivity contribution is 1.21. The summed E-state index contributed by atoms with van der Waals surface area (Å²) in [4.78, 5) is 8.05. The Bertz CT molecular complexity index is 500. The Morgan fingerprint density at radius 1 is 0.933 bits per heavy atom. The second-order valence-electron chi connectivity index (χ2n) is 2.82. The minimum Gasteiger partial charge on any atom is -0.251 e. The topological polar surface area (TPSA) is 25.8 Å². The summed E-state index contributed by atoms with van der Waals surface area (Å²) < 4.78 is 0. The van der Waals surface area contributed by atoms with Gasteiger partial charge in [-0.3, -0.25) is 4.98 Å². The van der Waals surface area contributed by atoms with E-state index in [0.29, 0.717) is 20.9 Å². The van der Waals surface area contributed by atoms with Crippen LogP contribution < -0.4 is 0 Å². The average Bonchev–Trinajstić information content (AvgIpc) is 2.20. The minimum absolute atomic E-state index is 0.321. The van der Waals surface area contributed by atoms with E-state index in [0.717, 1.165) is 5.56 Å². The van der Waals surface area contributed by atoms with Gasteiger partial charge in [0.1, 0.15) is 5.69 Å². The van der Waals surface area contributed by atoms with E-state index < -0.39 is 0 Å². The van der Waals surface area contributed by atoms with E-state index in [1.165, 1.54) is 6.20 Å². The fourth-order valence-electron chi connectivity index (χ4n) is 1.18. The summed E-state index contributed by atoms with van der Waals surface area (Å²) in [6, 6.07) is 5.14. The molecular weight excluding hydrogens is 254 g/mol. The Morgan fingerprint density at radius 2 is 1.67 bits per heavy atom. The quantitative estimate of drug-likeness (QED) is 0.770. The van der Waals surface area contributed by atoms with Gasteiger partial charge < -0.3 is 0 Å². The van der Waals surface area contributed by atoms with Gasteiger partial charge in [-0.05, 0) is 18.2 Å². The van der Waals surface area contributed by atoms with Crippen molar-refractivity contribution in [2.24, 2.45) is 0 Å². The normalized spacial score (nSPS) is 10.3. The van der Waals surface area contributed by atoms with E-state index in [1.807, 2.05) is 0 Å². The molecule has 1 aromatic carbocycles. The van der Waals surface area contributed by atoms with Gasteiger partial charge in [-0.25, -0.2) is 4.98 Å². The maximum Gasteiger partial charge on any atom is 0.155 e. The SMILES string of the molecule is Clc1ccc(-c2nccnc2Cl)c(Cl)c1. The summed E-state index contributed by atoms with van der Waals surface area (Å²) in [5.41, 5.74) is 1.28. The van der Waals surface area contributed by atoms with Crippen molar-refractivity contribution >= 4 is 34.8 Å². The van der Waals surface area contributed by atoms with Gasteiger partial charge in [0, 0.05) is 23.0 Å². The van der Waals surface area contributed by atoms with Crippen LogP contribution in [0.1, 0.15) is 0 Å². The molecule has 0 fully saturated rings. The number of nitrogens with zero attached hydrogens (tertiary/aromatic N) is 2. The monoisotopic (exact) mass is 258 g/mol. The fourth-order valence-corrected chi connectivity index (χ4v) is 1.89. The zero-order valence-electron chi connectivity index (χ0n) is 7.42. The average molecular weight is 260 g/mol. The molecule has 0 radical (unpaired) electrons. The molecule has 0 saturated heterocycles. The molecule has 2 rings (SSSR count). The molecule has 0 aliphatic heterocycles. The molecule has 0 atom stereocenters. The smallest absolute Gasteiger partial charge is 0.155 e. The number of aromatic nitrogens is 2. The van der Waals surface area contributed by atoms with E-state index in [1.54, 1.807) is 24.4 Å². The van der Waals surface area contributed by atoms with E-state index in [-0.39, 0.29) is 0 Å². The number of hydrogen-bond acceptors (Lipinski definition) is 2. The van der Waals surface area contributed by atoms with Gasteiger partial charge in [0.25, 0.3) is 0 Å². The van der Waals surface area contributed by atoms with E-state index >= 15 is 0 Å². The molecule has 0 N–H and O–H groups in total. The second kappa shape index (κ2) is 4.35. The molecule has 0 spiro atoms. The predicted molar refractivity (Wildman–Crippen MR) is 62.5 cm³/mol. The molecule has 15 heavy (non-hydrogen) atoms. The summed E-state index contributed by atoms with van der Waals surface area (Å²) in [5, 5.41) is 1.40. The van der Waals surface area contributed by atoms with Gasteiger partial charge in [0.05, 0.1) is 5.02 Å². The van der Waals surface area contributed by atoms with Crippen molar-refractivity contribution in [2.45, 2.75) is 0 Å². The molecule has 2 nitrogen and oxygen atoms in total. The lowest BCUT2D eigenvalue weighted by Crippen LogP contribution is -1.88. The van der Waals surface area contributed by atoms with Crippen molar-refractivity contribution in [2.75, 3.05) is 0 Å². The second-order valence-corrected chi connectivity index (χ2v) is 4.02.